The number of aromatic nitrogens is 2. The number of likely N-dealkylation sites (tertiary alicyclic amines) is 1. The first-order chi connectivity index (χ1) is 12.3. The van der Waals surface area contributed by atoms with Crippen LogP contribution in [0.25, 0.3) is 0 Å². The lowest BCUT2D eigenvalue weighted by Gasteiger charge is -2.31. The summed E-state index contributed by atoms with van der Waals surface area (Å²) in [5, 5.41) is 0. The van der Waals surface area contributed by atoms with Crippen LogP contribution in [0.3, 0.4) is 0 Å². The number of rotatable bonds is 7. The molecule has 3 rings (SSSR count). The molecule has 0 saturated carbocycles. The van der Waals surface area contributed by atoms with E-state index in [4.69, 9.17) is 9.47 Å². The van der Waals surface area contributed by atoms with Crippen LogP contribution >= 0.6 is 0 Å². The zero-order chi connectivity index (χ0) is 17.5. The fraction of sp³-hybridized carbons (Fsp3) is 0.474. The number of para-hydroxylation sites is 2. The van der Waals surface area contributed by atoms with Crippen LogP contribution in [-0.4, -0.2) is 41.2 Å². The van der Waals surface area contributed by atoms with E-state index in [2.05, 4.69) is 14.9 Å². The number of benzene rings is 1. The Bertz CT molecular complexity index is 724. The van der Waals surface area contributed by atoms with Crippen LogP contribution in [0.4, 0.5) is 0 Å². The van der Waals surface area contributed by atoms with Gasteiger partial charge in [0.2, 0.25) is 0 Å². The molecule has 1 aliphatic rings. The van der Waals surface area contributed by atoms with E-state index in [1.807, 2.05) is 31.2 Å². The quantitative estimate of drug-likeness (QED) is 0.836. The molecule has 0 bridgehead atoms. The predicted octanol–water partition coefficient (Wildman–Crippen LogP) is 2.46. The summed E-state index contributed by atoms with van der Waals surface area (Å²) in [5.41, 5.74) is 0.489. The summed E-state index contributed by atoms with van der Waals surface area (Å²) in [6.45, 7) is 5.82. The van der Waals surface area contributed by atoms with Gasteiger partial charge in [0.05, 0.1) is 13.2 Å². The Labute approximate surface area is 147 Å². The van der Waals surface area contributed by atoms with E-state index in [9.17, 15) is 4.79 Å². The lowest BCUT2D eigenvalue weighted by molar-refractivity contribution is 0.133. The predicted molar refractivity (Wildman–Crippen MR) is 96.0 cm³/mol. The highest BCUT2D eigenvalue weighted by Gasteiger charge is 2.21. The Kier molecular flexibility index (Phi) is 6.06. The summed E-state index contributed by atoms with van der Waals surface area (Å²) >= 11 is 0. The smallest absolute Gasteiger partial charge is 0.270 e. The van der Waals surface area contributed by atoms with Gasteiger partial charge in [0.15, 0.2) is 11.5 Å². The Morgan fingerprint density at radius 1 is 1.20 bits per heavy atom. The SMILES string of the molecule is CCOc1ccccc1OCC1CCN(Cc2ncc[nH]c2=O)CC1. The van der Waals surface area contributed by atoms with Crippen molar-refractivity contribution < 1.29 is 9.47 Å². The van der Waals surface area contributed by atoms with Gasteiger partial charge >= 0.3 is 0 Å². The van der Waals surface area contributed by atoms with E-state index in [0.29, 0.717) is 31.4 Å². The van der Waals surface area contributed by atoms with E-state index in [1.165, 1.54) is 0 Å². The van der Waals surface area contributed by atoms with Crippen LogP contribution in [0.1, 0.15) is 25.5 Å². The number of aromatic amines is 1. The molecular weight excluding hydrogens is 318 g/mol. The van der Waals surface area contributed by atoms with Crippen molar-refractivity contribution in [2.45, 2.75) is 26.3 Å². The fourth-order valence-electron chi connectivity index (χ4n) is 3.07. The van der Waals surface area contributed by atoms with E-state index < -0.39 is 0 Å². The first kappa shape index (κ1) is 17.5. The van der Waals surface area contributed by atoms with Gasteiger partial charge < -0.3 is 14.5 Å². The topological polar surface area (TPSA) is 67.5 Å². The first-order valence-corrected chi connectivity index (χ1v) is 8.85. The van der Waals surface area contributed by atoms with Crippen molar-refractivity contribution in [1.82, 2.24) is 14.9 Å². The number of hydrogen-bond acceptors (Lipinski definition) is 5. The van der Waals surface area contributed by atoms with Crippen molar-refractivity contribution >= 4 is 0 Å². The molecule has 2 heterocycles. The lowest BCUT2D eigenvalue weighted by Crippen LogP contribution is -2.36. The summed E-state index contributed by atoms with van der Waals surface area (Å²) in [5.74, 6) is 2.14. The fourth-order valence-corrected chi connectivity index (χ4v) is 3.07. The molecule has 2 aromatic rings. The monoisotopic (exact) mass is 343 g/mol. The molecule has 0 unspecified atom stereocenters. The van der Waals surface area contributed by atoms with Gasteiger partial charge in [-0.2, -0.15) is 0 Å². The molecule has 1 fully saturated rings. The van der Waals surface area contributed by atoms with E-state index in [1.54, 1.807) is 12.4 Å². The molecule has 6 heteroatoms. The number of piperidine rings is 1. The third-order valence-corrected chi connectivity index (χ3v) is 4.49. The molecular formula is C19H25N3O3. The summed E-state index contributed by atoms with van der Waals surface area (Å²) in [4.78, 5) is 20.9. The van der Waals surface area contributed by atoms with Crippen molar-refractivity contribution in [3.05, 3.63) is 52.7 Å². The van der Waals surface area contributed by atoms with Gasteiger partial charge in [-0.3, -0.25) is 14.7 Å². The van der Waals surface area contributed by atoms with E-state index >= 15 is 0 Å². The third kappa shape index (κ3) is 4.82. The molecule has 1 aromatic heterocycles. The minimum absolute atomic E-state index is 0.0968. The maximum atomic E-state index is 11.7. The minimum Gasteiger partial charge on any atom is -0.490 e. The molecule has 1 aliphatic heterocycles. The molecule has 0 spiro atoms. The molecule has 25 heavy (non-hydrogen) atoms. The lowest BCUT2D eigenvalue weighted by atomic mass is 9.97. The Morgan fingerprint density at radius 3 is 2.60 bits per heavy atom. The van der Waals surface area contributed by atoms with Gasteiger partial charge in [-0.05, 0) is 50.9 Å². The van der Waals surface area contributed by atoms with Crippen LogP contribution in [0.2, 0.25) is 0 Å². The minimum atomic E-state index is -0.0968. The van der Waals surface area contributed by atoms with Crippen LogP contribution in [0, 0.1) is 5.92 Å². The average Bonchev–Trinajstić information content (AvgIpc) is 2.64. The van der Waals surface area contributed by atoms with Gasteiger partial charge in [0.25, 0.3) is 5.56 Å². The van der Waals surface area contributed by atoms with E-state index in [0.717, 1.165) is 37.4 Å². The second-order valence-corrected chi connectivity index (χ2v) is 6.28. The Hall–Kier alpha value is -2.34. The summed E-state index contributed by atoms with van der Waals surface area (Å²) in [6.07, 6.45) is 5.31. The maximum Gasteiger partial charge on any atom is 0.270 e. The van der Waals surface area contributed by atoms with E-state index in [-0.39, 0.29) is 5.56 Å². The van der Waals surface area contributed by atoms with Gasteiger partial charge in [-0.25, -0.2) is 0 Å². The van der Waals surface area contributed by atoms with Gasteiger partial charge in [-0.15, -0.1) is 0 Å². The molecule has 0 amide bonds. The molecule has 0 aliphatic carbocycles. The van der Waals surface area contributed by atoms with Crippen LogP contribution in [0.15, 0.2) is 41.5 Å². The van der Waals surface area contributed by atoms with Gasteiger partial charge in [0.1, 0.15) is 5.69 Å². The second kappa shape index (κ2) is 8.67. The van der Waals surface area contributed by atoms with Crippen molar-refractivity contribution in [3.63, 3.8) is 0 Å². The number of hydrogen-bond donors (Lipinski definition) is 1. The maximum absolute atomic E-state index is 11.7. The zero-order valence-electron chi connectivity index (χ0n) is 14.6. The van der Waals surface area contributed by atoms with Gasteiger partial charge in [-0.1, -0.05) is 12.1 Å². The van der Waals surface area contributed by atoms with Gasteiger partial charge in [0, 0.05) is 18.9 Å². The summed E-state index contributed by atoms with van der Waals surface area (Å²) in [6, 6.07) is 7.81. The average molecular weight is 343 g/mol. The van der Waals surface area contributed by atoms with Crippen molar-refractivity contribution in [1.29, 1.82) is 0 Å². The standard InChI is InChI=1S/C19H25N3O3/c1-2-24-17-5-3-4-6-18(17)25-14-15-7-11-22(12-8-15)13-16-19(23)21-10-9-20-16/h3-6,9-10,15H,2,7-8,11-14H2,1H3,(H,21,23). The summed E-state index contributed by atoms with van der Waals surface area (Å²) < 4.78 is 11.6. The van der Waals surface area contributed by atoms with Crippen LogP contribution in [0.5, 0.6) is 11.5 Å². The highest BCUT2D eigenvalue weighted by molar-refractivity contribution is 5.39. The van der Waals surface area contributed by atoms with Crippen molar-refractivity contribution in [2.75, 3.05) is 26.3 Å². The molecule has 0 radical (unpaired) electrons. The van der Waals surface area contributed by atoms with Crippen LogP contribution < -0.4 is 15.0 Å². The highest BCUT2D eigenvalue weighted by atomic mass is 16.5. The number of ether oxygens (including phenoxy) is 2. The number of H-pyrrole nitrogens is 1. The molecule has 1 aromatic carbocycles. The van der Waals surface area contributed by atoms with Crippen LogP contribution in [-0.2, 0) is 6.54 Å². The zero-order valence-corrected chi connectivity index (χ0v) is 14.6. The molecule has 134 valence electrons. The number of nitrogens with one attached hydrogen (secondary N) is 1. The second-order valence-electron chi connectivity index (χ2n) is 6.28. The Morgan fingerprint density at radius 2 is 1.92 bits per heavy atom. The van der Waals surface area contributed by atoms with Crippen molar-refractivity contribution in [2.24, 2.45) is 5.92 Å². The number of nitrogens with zero attached hydrogens (tertiary/aromatic N) is 2. The van der Waals surface area contributed by atoms with Crippen molar-refractivity contribution in [3.8, 4) is 11.5 Å². The molecule has 0 atom stereocenters. The first-order valence-electron chi connectivity index (χ1n) is 8.85. The largest absolute Gasteiger partial charge is 0.490 e. The molecule has 6 nitrogen and oxygen atoms in total. The molecule has 1 saturated heterocycles. The normalized spacial score (nSPS) is 15.9. The Balaban J connectivity index is 1.47. The summed E-state index contributed by atoms with van der Waals surface area (Å²) in [7, 11) is 0. The third-order valence-electron chi connectivity index (χ3n) is 4.49. The molecule has 1 N–H and O–H groups in total. The highest BCUT2D eigenvalue weighted by Crippen LogP contribution is 2.28.